The van der Waals surface area contributed by atoms with Gasteiger partial charge in [-0.1, -0.05) is 12.1 Å². The number of aryl methyl sites for hydroxylation is 1. The summed E-state index contributed by atoms with van der Waals surface area (Å²) in [5.74, 6) is 0.547. The molecule has 0 aliphatic rings. The minimum absolute atomic E-state index is 0.179. The number of hydrogen-bond donors (Lipinski definition) is 0. The van der Waals surface area contributed by atoms with Gasteiger partial charge in [0, 0.05) is 13.5 Å². The summed E-state index contributed by atoms with van der Waals surface area (Å²) in [4.78, 5) is 11.3. The SMILES string of the molecule is CCOC(=O)CCc1cccc(OCOCCOC)c1. The minimum Gasteiger partial charge on any atom is -0.468 e. The van der Waals surface area contributed by atoms with Crippen molar-refractivity contribution in [1.29, 1.82) is 0 Å². The third-order valence-electron chi connectivity index (χ3n) is 2.56. The molecule has 0 bridgehead atoms. The lowest BCUT2D eigenvalue weighted by atomic mass is 10.1. The van der Waals surface area contributed by atoms with E-state index in [-0.39, 0.29) is 12.8 Å². The summed E-state index contributed by atoms with van der Waals surface area (Å²) in [5.41, 5.74) is 1.03. The number of ether oxygens (including phenoxy) is 4. The molecule has 0 aliphatic heterocycles. The van der Waals surface area contributed by atoms with Crippen molar-refractivity contribution in [3.8, 4) is 5.75 Å². The summed E-state index contributed by atoms with van der Waals surface area (Å²) >= 11 is 0. The van der Waals surface area contributed by atoms with Crippen molar-refractivity contribution in [2.45, 2.75) is 19.8 Å². The van der Waals surface area contributed by atoms with Crippen LogP contribution in [0.4, 0.5) is 0 Å². The quantitative estimate of drug-likeness (QED) is 0.374. The minimum atomic E-state index is -0.179. The van der Waals surface area contributed by atoms with Crippen molar-refractivity contribution in [1.82, 2.24) is 0 Å². The van der Waals surface area contributed by atoms with Crippen LogP contribution in [0.1, 0.15) is 18.9 Å². The van der Waals surface area contributed by atoms with Crippen molar-refractivity contribution in [2.75, 3.05) is 33.7 Å². The monoisotopic (exact) mass is 282 g/mol. The smallest absolute Gasteiger partial charge is 0.306 e. The van der Waals surface area contributed by atoms with E-state index >= 15 is 0 Å². The Balaban J connectivity index is 2.31. The van der Waals surface area contributed by atoms with Crippen molar-refractivity contribution in [3.63, 3.8) is 0 Å². The molecule has 0 spiro atoms. The normalized spacial score (nSPS) is 10.3. The molecule has 0 N–H and O–H groups in total. The van der Waals surface area contributed by atoms with Gasteiger partial charge in [-0.15, -0.1) is 0 Å². The number of rotatable bonds is 10. The van der Waals surface area contributed by atoms with E-state index in [9.17, 15) is 4.79 Å². The van der Waals surface area contributed by atoms with Gasteiger partial charge in [-0.3, -0.25) is 4.79 Å². The molecule has 0 fully saturated rings. The molecule has 0 amide bonds. The van der Waals surface area contributed by atoms with E-state index in [0.29, 0.717) is 32.7 Å². The first-order chi connectivity index (χ1) is 9.76. The number of benzene rings is 1. The van der Waals surface area contributed by atoms with Crippen molar-refractivity contribution in [3.05, 3.63) is 29.8 Å². The van der Waals surface area contributed by atoms with E-state index in [1.807, 2.05) is 24.3 Å². The number of carbonyl (C=O) groups excluding carboxylic acids is 1. The summed E-state index contributed by atoms with van der Waals surface area (Å²) in [6.45, 7) is 3.45. The van der Waals surface area contributed by atoms with Crippen LogP contribution in [-0.4, -0.2) is 39.7 Å². The van der Waals surface area contributed by atoms with Crippen LogP contribution in [0.5, 0.6) is 5.75 Å². The van der Waals surface area contributed by atoms with Crippen LogP contribution in [0.2, 0.25) is 0 Å². The zero-order valence-electron chi connectivity index (χ0n) is 12.1. The lowest BCUT2D eigenvalue weighted by Crippen LogP contribution is -2.08. The molecule has 0 unspecified atom stereocenters. The molecular weight excluding hydrogens is 260 g/mol. The van der Waals surface area contributed by atoms with Crippen LogP contribution < -0.4 is 4.74 Å². The van der Waals surface area contributed by atoms with Gasteiger partial charge in [0.15, 0.2) is 6.79 Å². The van der Waals surface area contributed by atoms with Gasteiger partial charge in [0.1, 0.15) is 5.75 Å². The highest BCUT2D eigenvalue weighted by molar-refractivity contribution is 5.69. The zero-order chi connectivity index (χ0) is 14.6. The fourth-order valence-electron chi connectivity index (χ4n) is 1.58. The largest absolute Gasteiger partial charge is 0.468 e. The summed E-state index contributed by atoms with van der Waals surface area (Å²) < 4.78 is 20.4. The Labute approximate surface area is 119 Å². The predicted octanol–water partition coefficient (Wildman–Crippen LogP) is 2.18. The van der Waals surface area contributed by atoms with E-state index in [2.05, 4.69) is 0 Å². The maximum absolute atomic E-state index is 11.3. The van der Waals surface area contributed by atoms with Crippen molar-refractivity contribution >= 4 is 5.97 Å². The number of methoxy groups -OCH3 is 1. The Bertz CT molecular complexity index is 392. The Hall–Kier alpha value is -1.59. The molecule has 112 valence electrons. The summed E-state index contributed by atoms with van der Waals surface area (Å²) in [6, 6.07) is 7.61. The molecular formula is C15H22O5. The maximum Gasteiger partial charge on any atom is 0.306 e. The Morgan fingerprint density at radius 2 is 2.10 bits per heavy atom. The highest BCUT2D eigenvalue weighted by Crippen LogP contribution is 2.14. The third-order valence-corrected chi connectivity index (χ3v) is 2.56. The average Bonchev–Trinajstić information content (AvgIpc) is 2.46. The van der Waals surface area contributed by atoms with Gasteiger partial charge < -0.3 is 18.9 Å². The van der Waals surface area contributed by atoms with Gasteiger partial charge in [-0.25, -0.2) is 0 Å². The second-order valence-electron chi connectivity index (χ2n) is 4.12. The zero-order valence-corrected chi connectivity index (χ0v) is 12.1. The first-order valence-corrected chi connectivity index (χ1v) is 6.70. The van der Waals surface area contributed by atoms with Crippen LogP contribution in [0, 0.1) is 0 Å². The Morgan fingerprint density at radius 1 is 1.25 bits per heavy atom. The second-order valence-corrected chi connectivity index (χ2v) is 4.12. The van der Waals surface area contributed by atoms with Crippen LogP contribution in [0.3, 0.4) is 0 Å². The third kappa shape index (κ3) is 7.11. The highest BCUT2D eigenvalue weighted by Gasteiger charge is 2.03. The second kappa shape index (κ2) is 10.2. The lowest BCUT2D eigenvalue weighted by Gasteiger charge is -2.08. The van der Waals surface area contributed by atoms with Crippen LogP contribution in [0.15, 0.2) is 24.3 Å². The van der Waals surface area contributed by atoms with Gasteiger partial charge in [0.2, 0.25) is 0 Å². The topological polar surface area (TPSA) is 54.0 Å². The predicted molar refractivity (Wildman–Crippen MR) is 74.7 cm³/mol. The van der Waals surface area contributed by atoms with E-state index in [0.717, 1.165) is 11.3 Å². The lowest BCUT2D eigenvalue weighted by molar-refractivity contribution is -0.143. The Morgan fingerprint density at radius 3 is 2.85 bits per heavy atom. The first-order valence-electron chi connectivity index (χ1n) is 6.70. The molecule has 0 radical (unpaired) electrons. The number of esters is 1. The number of carbonyl (C=O) groups is 1. The van der Waals surface area contributed by atoms with E-state index in [1.165, 1.54) is 0 Å². The molecule has 0 aromatic heterocycles. The summed E-state index contributed by atoms with van der Waals surface area (Å²) in [7, 11) is 1.62. The van der Waals surface area contributed by atoms with Crippen LogP contribution in [-0.2, 0) is 25.4 Å². The molecule has 20 heavy (non-hydrogen) atoms. The van der Waals surface area contributed by atoms with Crippen LogP contribution in [0.25, 0.3) is 0 Å². The van der Waals surface area contributed by atoms with Crippen molar-refractivity contribution < 1.29 is 23.7 Å². The van der Waals surface area contributed by atoms with Crippen LogP contribution >= 0.6 is 0 Å². The molecule has 0 saturated carbocycles. The molecule has 1 rings (SSSR count). The van der Waals surface area contributed by atoms with Gasteiger partial charge in [-0.05, 0) is 31.0 Å². The van der Waals surface area contributed by atoms with Gasteiger partial charge in [0.05, 0.1) is 19.8 Å². The molecule has 1 aromatic rings. The molecule has 1 aromatic carbocycles. The number of hydrogen-bond acceptors (Lipinski definition) is 5. The van der Waals surface area contributed by atoms with E-state index in [1.54, 1.807) is 14.0 Å². The maximum atomic E-state index is 11.3. The summed E-state index contributed by atoms with van der Waals surface area (Å²) in [5, 5.41) is 0. The highest BCUT2D eigenvalue weighted by atomic mass is 16.7. The average molecular weight is 282 g/mol. The van der Waals surface area contributed by atoms with Gasteiger partial charge in [0.25, 0.3) is 0 Å². The van der Waals surface area contributed by atoms with Gasteiger partial charge >= 0.3 is 5.97 Å². The summed E-state index contributed by atoms with van der Waals surface area (Å²) in [6.07, 6.45) is 1.02. The molecule has 5 nitrogen and oxygen atoms in total. The molecule has 0 saturated heterocycles. The molecule has 0 aliphatic carbocycles. The molecule has 0 heterocycles. The Kier molecular flexibility index (Phi) is 8.42. The molecule has 5 heteroatoms. The standard InChI is InChI=1S/C15H22O5/c1-3-19-15(16)8-7-13-5-4-6-14(11-13)20-12-18-10-9-17-2/h4-6,11H,3,7-10,12H2,1-2H3. The fourth-order valence-corrected chi connectivity index (χ4v) is 1.58. The van der Waals surface area contributed by atoms with E-state index in [4.69, 9.17) is 18.9 Å². The van der Waals surface area contributed by atoms with Crippen molar-refractivity contribution in [2.24, 2.45) is 0 Å². The van der Waals surface area contributed by atoms with E-state index < -0.39 is 0 Å². The molecule has 0 atom stereocenters. The first kappa shape index (κ1) is 16.5. The van der Waals surface area contributed by atoms with Gasteiger partial charge in [-0.2, -0.15) is 0 Å². The fraction of sp³-hybridized carbons (Fsp3) is 0.533.